The van der Waals surface area contributed by atoms with E-state index in [1.807, 2.05) is 32.0 Å². The third-order valence-corrected chi connectivity index (χ3v) is 5.58. The molecule has 0 spiro atoms. The molecule has 28 heavy (non-hydrogen) atoms. The Bertz CT molecular complexity index is 1010. The molecule has 5 nitrogen and oxygen atoms in total. The minimum Gasteiger partial charge on any atom is -0.493 e. The fourth-order valence-corrected chi connectivity index (χ4v) is 4.02. The number of hydrogen-bond donors (Lipinski definition) is 0. The van der Waals surface area contributed by atoms with Crippen molar-refractivity contribution in [3.05, 3.63) is 58.0 Å². The topological polar surface area (TPSA) is 55.8 Å². The van der Waals surface area contributed by atoms with E-state index in [4.69, 9.17) is 21.7 Å². The van der Waals surface area contributed by atoms with Crippen LogP contribution in [0.2, 0.25) is 0 Å². The van der Waals surface area contributed by atoms with Gasteiger partial charge in [0, 0.05) is 6.92 Å². The molecule has 1 aliphatic heterocycles. The number of thiocarbonyl (C=S) groups is 1. The van der Waals surface area contributed by atoms with Gasteiger partial charge in [0.1, 0.15) is 0 Å². The first-order chi connectivity index (χ1) is 13.3. The number of nitrogens with zero attached hydrogens (tertiary/aromatic N) is 1. The Kier molecular flexibility index (Phi) is 5.86. The normalized spacial score (nSPS) is 15.3. The maximum absolute atomic E-state index is 12.9. The van der Waals surface area contributed by atoms with Gasteiger partial charge in [0.05, 0.1) is 17.7 Å². The zero-order valence-corrected chi connectivity index (χ0v) is 17.6. The van der Waals surface area contributed by atoms with E-state index in [9.17, 15) is 9.59 Å². The van der Waals surface area contributed by atoms with Crippen LogP contribution in [-0.2, 0) is 9.59 Å². The molecule has 2 aromatic rings. The number of anilines is 1. The number of rotatable bonds is 4. The first kappa shape index (κ1) is 20.1. The molecule has 0 radical (unpaired) electrons. The zero-order chi connectivity index (χ0) is 20.4. The van der Waals surface area contributed by atoms with Gasteiger partial charge in [-0.3, -0.25) is 14.5 Å². The molecule has 144 valence electrons. The summed E-state index contributed by atoms with van der Waals surface area (Å²) in [6, 6.07) is 10.9. The smallest absolute Gasteiger partial charge is 0.308 e. The summed E-state index contributed by atoms with van der Waals surface area (Å²) in [6.45, 7) is 5.35. The van der Waals surface area contributed by atoms with E-state index in [2.05, 4.69) is 0 Å². The summed E-state index contributed by atoms with van der Waals surface area (Å²) in [6.07, 6.45) is 1.75. The van der Waals surface area contributed by atoms with Gasteiger partial charge in [-0.05, 0) is 60.9 Å². The van der Waals surface area contributed by atoms with Crippen LogP contribution in [0.4, 0.5) is 5.69 Å². The van der Waals surface area contributed by atoms with Crippen molar-refractivity contribution in [2.45, 2.75) is 20.8 Å². The van der Waals surface area contributed by atoms with Crippen molar-refractivity contribution >= 4 is 51.9 Å². The van der Waals surface area contributed by atoms with Gasteiger partial charge in [-0.2, -0.15) is 0 Å². The highest BCUT2D eigenvalue weighted by Crippen LogP contribution is 2.37. The molecule has 1 fully saturated rings. The predicted molar refractivity (Wildman–Crippen MR) is 116 cm³/mol. The first-order valence-corrected chi connectivity index (χ1v) is 9.74. The Morgan fingerprint density at radius 3 is 2.50 bits per heavy atom. The van der Waals surface area contributed by atoms with E-state index >= 15 is 0 Å². The van der Waals surface area contributed by atoms with Crippen LogP contribution in [-0.4, -0.2) is 23.3 Å². The van der Waals surface area contributed by atoms with Gasteiger partial charge in [0.25, 0.3) is 5.91 Å². The first-order valence-electron chi connectivity index (χ1n) is 8.52. The molecule has 0 N–H and O–H groups in total. The Morgan fingerprint density at radius 2 is 1.86 bits per heavy atom. The molecule has 1 aliphatic rings. The maximum Gasteiger partial charge on any atom is 0.308 e. The average Bonchev–Trinajstić information content (AvgIpc) is 2.92. The molecule has 1 saturated heterocycles. The van der Waals surface area contributed by atoms with Gasteiger partial charge in [-0.1, -0.05) is 36.1 Å². The summed E-state index contributed by atoms with van der Waals surface area (Å²) in [4.78, 5) is 26.2. The monoisotopic (exact) mass is 413 g/mol. The fraction of sp³-hybridized carbons (Fsp3) is 0.190. The Morgan fingerprint density at radius 1 is 1.11 bits per heavy atom. The van der Waals surface area contributed by atoms with Gasteiger partial charge in [-0.15, -0.1) is 0 Å². The number of thioether (sulfide) groups is 1. The van der Waals surface area contributed by atoms with Crippen LogP contribution in [0.25, 0.3) is 6.08 Å². The Labute approximate surface area is 173 Å². The van der Waals surface area contributed by atoms with Crippen molar-refractivity contribution in [2.24, 2.45) is 0 Å². The number of esters is 1. The van der Waals surface area contributed by atoms with E-state index in [1.54, 1.807) is 29.2 Å². The van der Waals surface area contributed by atoms with Crippen LogP contribution in [0.3, 0.4) is 0 Å². The molecule has 7 heteroatoms. The minimum atomic E-state index is -0.430. The number of carbonyl (C=O) groups excluding carboxylic acids is 2. The van der Waals surface area contributed by atoms with Crippen molar-refractivity contribution in [1.82, 2.24) is 0 Å². The second-order valence-corrected chi connectivity index (χ2v) is 7.97. The highest BCUT2D eigenvalue weighted by atomic mass is 32.2. The van der Waals surface area contributed by atoms with Gasteiger partial charge < -0.3 is 9.47 Å². The highest BCUT2D eigenvalue weighted by molar-refractivity contribution is 8.27. The number of methoxy groups -OCH3 is 1. The van der Waals surface area contributed by atoms with E-state index < -0.39 is 5.97 Å². The van der Waals surface area contributed by atoms with Crippen LogP contribution in [0.15, 0.2) is 41.3 Å². The second-order valence-electron chi connectivity index (χ2n) is 6.29. The highest BCUT2D eigenvalue weighted by Gasteiger charge is 2.33. The summed E-state index contributed by atoms with van der Waals surface area (Å²) >= 11 is 6.68. The van der Waals surface area contributed by atoms with Crippen molar-refractivity contribution in [3.8, 4) is 11.5 Å². The van der Waals surface area contributed by atoms with Crippen molar-refractivity contribution in [1.29, 1.82) is 0 Å². The van der Waals surface area contributed by atoms with E-state index in [0.717, 1.165) is 22.4 Å². The summed E-state index contributed by atoms with van der Waals surface area (Å²) in [7, 11) is 1.49. The molecular weight excluding hydrogens is 394 g/mol. The van der Waals surface area contributed by atoms with Crippen molar-refractivity contribution in [3.63, 3.8) is 0 Å². The summed E-state index contributed by atoms with van der Waals surface area (Å²) < 4.78 is 10.9. The van der Waals surface area contributed by atoms with Crippen LogP contribution in [0, 0.1) is 13.8 Å². The second kappa shape index (κ2) is 8.16. The molecule has 2 aromatic carbocycles. The molecule has 0 aromatic heterocycles. The molecule has 0 atom stereocenters. The quantitative estimate of drug-likeness (QED) is 0.315. The number of amides is 1. The van der Waals surface area contributed by atoms with Gasteiger partial charge >= 0.3 is 5.97 Å². The van der Waals surface area contributed by atoms with Crippen molar-refractivity contribution in [2.75, 3.05) is 12.0 Å². The maximum atomic E-state index is 12.9. The number of carbonyl (C=O) groups is 2. The summed E-state index contributed by atoms with van der Waals surface area (Å²) in [5, 5.41) is 0. The summed E-state index contributed by atoms with van der Waals surface area (Å²) in [5.41, 5.74) is 3.76. The number of ether oxygens (including phenoxy) is 2. The molecule has 1 heterocycles. The van der Waals surface area contributed by atoms with E-state index in [1.165, 1.54) is 25.8 Å². The SMILES string of the molecule is COc1cc(/C=C2\SC(=S)N(c3ccc(C)c(C)c3)C2=O)ccc1OC(C)=O. The Hall–Kier alpha value is -2.64. The zero-order valence-electron chi connectivity index (χ0n) is 15.9. The lowest BCUT2D eigenvalue weighted by atomic mass is 10.1. The van der Waals surface area contributed by atoms with Gasteiger partial charge in [-0.25, -0.2) is 0 Å². The fourth-order valence-electron chi connectivity index (χ4n) is 2.72. The lowest BCUT2D eigenvalue weighted by molar-refractivity contribution is -0.132. The third-order valence-electron chi connectivity index (χ3n) is 4.28. The molecule has 0 unspecified atom stereocenters. The molecule has 0 bridgehead atoms. The van der Waals surface area contributed by atoms with Crippen LogP contribution >= 0.6 is 24.0 Å². The minimum absolute atomic E-state index is 0.165. The lowest BCUT2D eigenvalue weighted by Crippen LogP contribution is -2.27. The predicted octanol–water partition coefficient (Wildman–Crippen LogP) is 4.64. The average molecular weight is 414 g/mol. The van der Waals surface area contributed by atoms with Gasteiger partial charge in [0.2, 0.25) is 0 Å². The van der Waals surface area contributed by atoms with E-state index in [-0.39, 0.29) is 5.91 Å². The van der Waals surface area contributed by atoms with Crippen LogP contribution in [0.1, 0.15) is 23.6 Å². The molecule has 0 saturated carbocycles. The summed E-state index contributed by atoms with van der Waals surface area (Å²) in [5.74, 6) is 0.144. The molecule has 3 rings (SSSR count). The van der Waals surface area contributed by atoms with Crippen molar-refractivity contribution < 1.29 is 19.1 Å². The molecule has 0 aliphatic carbocycles. The standard InChI is InChI=1S/C21H19NO4S2/c1-12-5-7-16(9-13(12)2)22-20(24)19(28-21(22)27)11-15-6-8-17(26-14(3)23)18(10-15)25-4/h5-11H,1-4H3/b19-11-. The van der Waals surface area contributed by atoms with Crippen LogP contribution < -0.4 is 14.4 Å². The Balaban J connectivity index is 1.91. The van der Waals surface area contributed by atoms with E-state index in [0.29, 0.717) is 20.7 Å². The largest absolute Gasteiger partial charge is 0.493 e. The van der Waals surface area contributed by atoms with Gasteiger partial charge in [0.15, 0.2) is 15.8 Å². The number of aryl methyl sites for hydroxylation is 2. The third kappa shape index (κ3) is 4.10. The lowest BCUT2D eigenvalue weighted by Gasteiger charge is -2.16. The number of hydrogen-bond acceptors (Lipinski definition) is 6. The molecular formula is C21H19NO4S2. The molecule has 1 amide bonds. The van der Waals surface area contributed by atoms with Crippen LogP contribution in [0.5, 0.6) is 11.5 Å². The number of benzene rings is 2.